The number of aryl methyl sites for hydroxylation is 1. The maximum absolute atomic E-state index is 12.0. The molecule has 3 nitrogen and oxygen atoms in total. The summed E-state index contributed by atoms with van der Waals surface area (Å²) in [4.78, 5) is 16.1. The molecule has 0 unspecified atom stereocenters. The van der Waals surface area contributed by atoms with Crippen molar-refractivity contribution in [1.82, 2.24) is 4.98 Å². The average Bonchev–Trinajstić information content (AvgIpc) is 2.35. The Bertz CT molecular complexity index is 584. The monoisotopic (exact) mass is 324 g/mol. The van der Waals surface area contributed by atoms with E-state index in [4.69, 9.17) is 11.6 Å². The molecule has 0 fully saturated rings. The van der Waals surface area contributed by atoms with Crippen molar-refractivity contribution < 1.29 is 4.79 Å². The summed E-state index contributed by atoms with van der Waals surface area (Å²) >= 11 is 9.33. The number of carbonyl (C=O) groups excluding carboxylic acids is 1. The lowest BCUT2D eigenvalue weighted by Crippen LogP contribution is -2.13. The SMILES string of the molecule is Cc1ccc(NC(=O)c2cccc(Br)c2Cl)nc1. The summed E-state index contributed by atoms with van der Waals surface area (Å²) in [7, 11) is 0. The van der Waals surface area contributed by atoms with E-state index in [-0.39, 0.29) is 5.91 Å². The minimum absolute atomic E-state index is 0.280. The van der Waals surface area contributed by atoms with Gasteiger partial charge < -0.3 is 5.32 Å². The van der Waals surface area contributed by atoms with E-state index in [0.717, 1.165) is 5.56 Å². The fraction of sp³-hybridized carbons (Fsp3) is 0.0769. The molecule has 5 heteroatoms. The first-order valence-corrected chi connectivity index (χ1v) is 6.43. The largest absolute Gasteiger partial charge is 0.307 e. The fourth-order valence-electron chi connectivity index (χ4n) is 1.40. The van der Waals surface area contributed by atoms with Crippen LogP contribution in [0.2, 0.25) is 5.02 Å². The summed E-state index contributed by atoms with van der Waals surface area (Å²) in [6, 6.07) is 8.83. The molecule has 0 saturated heterocycles. The summed E-state index contributed by atoms with van der Waals surface area (Å²) in [6.07, 6.45) is 1.69. The van der Waals surface area contributed by atoms with Gasteiger partial charge in [-0.3, -0.25) is 4.79 Å². The molecule has 0 saturated carbocycles. The van der Waals surface area contributed by atoms with Crippen LogP contribution in [0.25, 0.3) is 0 Å². The Morgan fingerprint density at radius 1 is 1.33 bits per heavy atom. The van der Waals surface area contributed by atoms with Gasteiger partial charge in [0.15, 0.2) is 0 Å². The zero-order chi connectivity index (χ0) is 13.1. The highest BCUT2D eigenvalue weighted by Crippen LogP contribution is 2.26. The quantitative estimate of drug-likeness (QED) is 0.905. The minimum atomic E-state index is -0.280. The van der Waals surface area contributed by atoms with Gasteiger partial charge in [-0.05, 0) is 46.6 Å². The van der Waals surface area contributed by atoms with Gasteiger partial charge in [-0.2, -0.15) is 0 Å². The number of anilines is 1. The van der Waals surface area contributed by atoms with Gasteiger partial charge in [0.05, 0.1) is 10.6 Å². The molecule has 0 aliphatic rings. The molecule has 0 aliphatic carbocycles. The van der Waals surface area contributed by atoms with E-state index >= 15 is 0 Å². The minimum Gasteiger partial charge on any atom is -0.307 e. The maximum atomic E-state index is 12.0. The first kappa shape index (κ1) is 13.1. The molecule has 2 rings (SSSR count). The van der Waals surface area contributed by atoms with E-state index in [1.807, 2.05) is 13.0 Å². The number of aromatic nitrogens is 1. The molecule has 0 radical (unpaired) electrons. The zero-order valence-electron chi connectivity index (χ0n) is 9.58. The summed E-state index contributed by atoms with van der Waals surface area (Å²) in [5, 5.41) is 3.09. The lowest BCUT2D eigenvalue weighted by atomic mass is 10.2. The van der Waals surface area contributed by atoms with Gasteiger partial charge in [-0.1, -0.05) is 23.7 Å². The van der Waals surface area contributed by atoms with E-state index < -0.39 is 0 Å². The van der Waals surface area contributed by atoms with E-state index in [2.05, 4.69) is 26.2 Å². The number of rotatable bonds is 2. The molecule has 0 bridgehead atoms. The van der Waals surface area contributed by atoms with Gasteiger partial charge >= 0.3 is 0 Å². The van der Waals surface area contributed by atoms with Gasteiger partial charge in [0, 0.05) is 10.7 Å². The number of benzene rings is 1. The predicted octanol–water partition coefficient (Wildman–Crippen LogP) is 4.06. The molecule has 0 spiro atoms. The highest BCUT2D eigenvalue weighted by Gasteiger charge is 2.12. The van der Waals surface area contributed by atoms with E-state index in [9.17, 15) is 4.79 Å². The molecule has 0 aliphatic heterocycles. The molecule has 92 valence electrons. The normalized spacial score (nSPS) is 10.2. The Morgan fingerprint density at radius 2 is 2.11 bits per heavy atom. The molecule has 0 atom stereocenters. The topological polar surface area (TPSA) is 42.0 Å². The molecule has 1 N–H and O–H groups in total. The highest BCUT2D eigenvalue weighted by molar-refractivity contribution is 9.10. The van der Waals surface area contributed by atoms with Crippen LogP contribution in [0.15, 0.2) is 41.0 Å². The van der Waals surface area contributed by atoms with Crippen LogP contribution in [0.3, 0.4) is 0 Å². The van der Waals surface area contributed by atoms with Crippen LogP contribution in [0.5, 0.6) is 0 Å². The molecule has 1 aromatic carbocycles. The number of halogens is 2. The van der Waals surface area contributed by atoms with Crippen molar-refractivity contribution >= 4 is 39.3 Å². The van der Waals surface area contributed by atoms with Gasteiger partial charge in [-0.15, -0.1) is 0 Å². The third kappa shape index (κ3) is 2.89. The second-order valence-corrected chi connectivity index (χ2v) is 5.01. The van der Waals surface area contributed by atoms with Crippen LogP contribution < -0.4 is 5.32 Å². The van der Waals surface area contributed by atoms with Crippen molar-refractivity contribution in [2.45, 2.75) is 6.92 Å². The lowest BCUT2D eigenvalue weighted by molar-refractivity contribution is 0.102. The van der Waals surface area contributed by atoms with Crippen molar-refractivity contribution in [1.29, 1.82) is 0 Å². The van der Waals surface area contributed by atoms with Gasteiger partial charge in [0.25, 0.3) is 5.91 Å². The van der Waals surface area contributed by atoms with Crippen molar-refractivity contribution in [3.63, 3.8) is 0 Å². The maximum Gasteiger partial charge on any atom is 0.258 e. The van der Waals surface area contributed by atoms with Gasteiger partial charge in [0.2, 0.25) is 0 Å². The number of amides is 1. The summed E-state index contributed by atoms with van der Waals surface area (Å²) in [5.41, 5.74) is 1.45. The second-order valence-electron chi connectivity index (χ2n) is 3.78. The average molecular weight is 326 g/mol. The molecule has 18 heavy (non-hydrogen) atoms. The Labute approximate surface area is 118 Å². The first-order chi connectivity index (χ1) is 8.58. The van der Waals surface area contributed by atoms with Gasteiger partial charge in [-0.25, -0.2) is 4.98 Å². The Kier molecular flexibility index (Phi) is 3.99. The van der Waals surface area contributed by atoms with Gasteiger partial charge in [0.1, 0.15) is 5.82 Å². The van der Waals surface area contributed by atoms with E-state index in [1.165, 1.54) is 0 Å². The lowest BCUT2D eigenvalue weighted by Gasteiger charge is -2.07. The van der Waals surface area contributed by atoms with Crippen molar-refractivity contribution in [2.75, 3.05) is 5.32 Å². The summed E-state index contributed by atoms with van der Waals surface area (Å²) in [5.74, 6) is 0.222. The smallest absolute Gasteiger partial charge is 0.258 e. The highest BCUT2D eigenvalue weighted by atomic mass is 79.9. The van der Waals surface area contributed by atoms with Crippen LogP contribution >= 0.6 is 27.5 Å². The molecule has 1 amide bonds. The Balaban J connectivity index is 2.22. The fourth-order valence-corrected chi connectivity index (χ4v) is 1.98. The number of pyridine rings is 1. The number of hydrogen-bond acceptors (Lipinski definition) is 2. The van der Waals surface area contributed by atoms with Crippen LogP contribution in [0, 0.1) is 6.92 Å². The summed E-state index contributed by atoms with van der Waals surface area (Å²) in [6.45, 7) is 1.93. The molecule has 2 aromatic rings. The van der Waals surface area contributed by atoms with E-state index in [0.29, 0.717) is 20.9 Å². The third-order valence-corrected chi connectivity index (χ3v) is 3.65. The Morgan fingerprint density at radius 3 is 2.78 bits per heavy atom. The number of carbonyl (C=O) groups is 1. The number of nitrogens with one attached hydrogen (secondary N) is 1. The number of hydrogen-bond donors (Lipinski definition) is 1. The predicted molar refractivity (Wildman–Crippen MR) is 76.1 cm³/mol. The van der Waals surface area contributed by atoms with Crippen LogP contribution in [0.1, 0.15) is 15.9 Å². The van der Waals surface area contributed by atoms with Crippen molar-refractivity contribution in [3.8, 4) is 0 Å². The molecular weight excluding hydrogens is 316 g/mol. The molecule has 1 aromatic heterocycles. The number of nitrogens with zero attached hydrogens (tertiary/aromatic N) is 1. The van der Waals surface area contributed by atoms with Crippen LogP contribution in [-0.2, 0) is 0 Å². The standard InChI is InChI=1S/C13H10BrClN2O/c1-8-5-6-11(16-7-8)17-13(18)9-3-2-4-10(14)12(9)15/h2-7H,1H3,(H,16,17,18). The van der Waals surface area contributed by atoms with Crippen molar-refractivity contribution in [3.05, 3.63) is 57.2 Å². The van der Waals surface area contributed by atoms with Crippen LogP contribution in [0.4, 0.5) is 5.82 Å². The Hall–Kier alpha value is -1.39. The zero-order valence-corrected chi connectivity index (χ0v) is 11.9. The third-order valence-electron chi connectivity index (χ3n) is 2.35. The molecular formula is C13H10BrClN2O. The van der Waals surface area contributed by atoms with Crippen LogP contribution in [-0.4, -0.2) is 10.9 Å². The summed E-state index contributed by atoms with van der Waals surface area (Å²) < 4.78 is 0.689. The molecule has 1 heterocycles. The van der Waals surface area contributed by atoms with Crippen molar-refractivity contribution in [2.24, 2.45) is 0 Å². The van der Waals surface area contributed by atoms with E-state index in [1.54, 1.807) is 30.5 Å². The first-order valence-electron chi connectivity index (χ1n) is 5.26. The second kappa shape index (κ2) is 5.50.